The first-order valence-corrected chi connectivity index (χ1v) is 13.9. The maximum Gasteiger partial charge on any atom is 0.226 e. The summed E-state index contributed by atoms with van der Waals surface area (Å²) in [5.41, 5.74) is -0.0474. The Balaban J connectivity index is 1.89. The normalized spacial score (nSPS) is 30.0. The van der Waals surface area contributed by atoms with E-state index in [2.05, 4.69) is 24.5 Å². The number of rotatable bonds is 11. The van der Waals surface area contributed by atoms with Crippen molar-refractivity contribution in [1.29, 1.82) is 0 Å². The summed E-state index contributed by atoms with van der Waals surface area (Å²) < 4.78 is 0. The number of aliphatic hydroxyl groups excluding tert-OH is 2. The fraction of sp³-hybridized carbons (Fsp3) is 0.808. The summed E-state index contributed by atoms with van der Waals surface area (Å²) in [6.07, 6.45) is 5.17. The van der Waals surface area contributed by atoms with Gasteiger partial charge in [-0.25, -0.2) is 4.98 Å². The van der Waals surface area contributed by atoms with Gasteiger partial charge in [-0.05, 0) is 51.1 Å². The predicted molar refractivity (Wildman–Crippen MR) is 140 cm³/mol. The molecule has 0 saturated heterocycles. The van der Waals surface area contributed by atoms with Crippen LogP contribution in [0.4, 0.5) is 5.13 Å². The molecule has 3 rings (SSSR count). The maximum atomic E-state index is 13.0. The number of aromatic nitrogens is 1. The largest absolute Gasteiger partial charge is 0.396 e. The number of carbonyl (C=O) groups excluding carboxylic acids is 2. The summed E-state index contributed by atoms with van der Waals surface area (Å²) in [5, 5.41) is 27.9. The van der Waals surface area contributed by atoms with Gasteiger partial charge in [0.05, 0.1) is 18.4 Å². The number of hydrogen-bond acceptors (Lipinski definition) is 7. The maximum absolute atomic E-state index is 13.0. The quantitative estimate of drug-likeness (QED) is 0.342. The number of likely N-dealkylation sites (N-methyl/N-ethyl adjacent to an activating group) is 1. The van der Waals surface area contributed by atoms with E-state index >= 15 is 0 Å². The van der Waals surface area contributed by atoms with Crippen molar-refractivity contribution in [2.45, 2.75) is 84.2 Å². The van der Waals surface area contributed by atoms with Gasteiger partial charge in [0.1, 0.15) is 0 Å². The van der Waals surface area contributed by atoms with E-state index in [4.69, 9.17) is 4.98 Å². The van der Waals surface area contributed by atoms with Crippen LogP contribution in [0.1, 0.15) is 82.2 Å². The molecule has 2 aliphatic carbocycles. The molecule has 1 saturated carbocycles. The highest BCUT2D eigenvalue weighted by Gasteiger charge is 2.59. The fourth-order valence-corrected chi connectivity index (χ4v) is 7.18. The number of anilines is 1. The lowest BCUT2D eigenvalue weighted by Crippen LogP contribution is -2.57. The summed E-state index contributed by atoms with van der Waals surface area (Å²) in [4.78, 5) is 33.4. The first-order valence-electron chi connectivity index (χ1n) is 13.0. The van der Waals surface area contributed by atoms with Crippen molar-refractivity contribution in [3.63, 3.8) is 0 Å². The Labute approximate surface area is 213 Å². The van der Waals surface area contributed by atoms with Gasteiger partial charge in [-0.2, -0.15) is 0 Å². The molecule has 1 fully saturated rings. The number of hydrogen-bond donors (Lipinski definition) is 4. The molecule has 0 radical (unpaired) electrons. The molecular weight excluding hydrogens is 464 g/mol. The van der Waals surface area contributed by atoms with E-state index in [0.29, 0.717) is 37.4 Å². The van der Waals surface area contributed by atoms with Crippen LogP contribution in [-0.2, 0) is 16.0 Å². The molecule has 0 bridgehead atoms. The van der Waals surface area contributed by atoms with E-state index in [0.717, 1.165) is 42.8 Å². The SMILES string of the molecule is CCCCCC(=O)Nc1nc2c(s1)C[C@H]1[C@](C)(CO)[C@H](O)CC[C@@]1(C)[C@@H]2CC(=O)NCCN(C)C. The van der Waals surface area contributed by atoms with Gasteiger partial charge in [0, 0.05) is 42.1 Å². The zero-order valence-corrected chi connectivity index (χ0v) is 22.8. The summed E-state index contributed by atoms with van der Waals surface area (Å²) in [7, 11) is 3.95. The second-order valence-corrected chi connectivity index (χ2v) is 12.3. The summed E-state index contributed by atoms with van der Waals surface area (Å²) in [5.74, 6) is -0.179. The minimum Gasteiger partial charge on any atom is -0.396 e. The smallest absolute Gasteiger partial charge is 0.226 e. The van der Waals surface area contributed by atoms with Crippen LogP contribution < -0.4 is 10.6 Å². The van der Waals surface area contributed by atoms with Crippen LogP contribution in [0.15, 0.2) is 0 Å². The van der Waals surface area contributed by atoms with Gasteiger partial charge in [0.25, 0.3) is 0 Å². The Hall–Kier alpha value is -1.55. The Morgan fingerprint density at radius 1 is 1.23 bits per heavy atom. The monoisotopic (exact) mass is 508 g/mol. The Bertz CT molecular complexity index is 891. The second-order valence-electron chi connectivity index (χ2n) is 11.2. The molecule has 1 aromatic heterocycles. The summed E-state index contributed by atoms with van der Waals surface area (Å²) >= 11 is 1.48. The third-order valence-corrected chi connectivity index (χ3v) is 9.43. The minimum atomic E-state index is -0.655. The molecule has 9 heteroatoms. The van der Waals surface area contributed by atoms with E-state index in [9.17, 15) is 19.8 Å². The highest BCUT2D eigenvalue weighted by Crippen LogP contribution is 2.62. The van der Waals surface area contributed by atoms with Gasteiger partial charge in [-0.15, -0.1) is 11.3 Å². The molecule has 0 unspecified atom stereocenters. The van der Waals surface area contributed by atoms with Crippen LogP contribution in [0.5, 0.6) is 0 Å². The molecule has 0 spiro atoms. The Morgan fingerprint density at radius 2 is 1.97 bits per heavy atom. The molecule has 1 heterocycles. The first-order chi connectivity index (χ1) is 16.5. The van der Waals surface area contributed by atoms with Crippen molar-refractivity contribution in [2.24, 2.45) is 16.7 Å². The van der Waals surface area contributed by atoms with Crippen LogP contribution in [-0.4, -0.2) is 71.8 Å². The summed E-state index contributed by atoms with van der Waals surface area (Å²) in [6.45, 7) is 7.51. The number of nitrogens with zero attached hydrogens (tertiary/aromatic N) is 2. The lowest BCUT2D eigenvalue weighted by Gasteiger charge is -2.58. The summed E-state index contributed by atoms with van der Waals surface area (Å²) in [6, 6.07) is 0. The topological polar surface area (TPSA) is 115 Å². The number of amides is 2. The average molecular weight is 509 g/mol. The van der Waals surface area contributed by atoms with E-state index in [1.807, 2.05) is 25.9 Å². The second kappa shape index (κ2) is 11.7. The van der Waals surface area contributed by atoms with Crippen LogP contribution in [0.2, 0.25) is 0 Å². The standard InChI is InChI=1S/C26H44N4O4S/c1-6-7-8-9-21(33)28-24-29-23-17(14-22(34)27-12-13-30(4)5)25(2)11-10-20(32)26(3,16-31)19(25)15-18(23)35-24/h17,19-20,31-32H,6-16H2,1-5H3,(H,27,34)(H,28,29,33)/t17-,19-,20-,25+,26+/m1/s1. The molecular formula is C26H44N4O4S. The van der Waals surface area contributed by atoms with Crippen LogP contribution >= 0.6 is 11.3 Å². The van der Waals surface area contributed by atoms with Crippen molar-refractivity contribution in [2.75, 3.05) is 39.1 Å². The average Bonchev–Trinajstić information content (AvgIpc) is 3.19. The molecule has 35 heavy (non-hydrogen) atoms. The van der Waals surface area contributed by atoms with Gasteiger partial charge in [-0.1, -0.05) is 33.6 Å². The number of nitrogens with one attached hydrogen (secondary N) is 2. The molecule has 198 valence electrons. The lowest BCUT2D eigenvalue weighted by molar-refractivity contribution is -0.144. The third-order valence-electron chi connectivity index (χ3n) is 8.42. The number of aliphatic hydroxyl groups is 2. The Kier molecular flexibility index (Phi) is 9.34. The van der Waals surface area contributed by atoms with Crippen LogP contribution in [0.25, 0.3) is 0 Å². The molecule has 5 atom stereocenters. The molecule has 1 aromatic rings. The molecule has 0 aromatic carbocycles. The molecule has 2 aliphatic rings. The van der Waals surface area contributed by atoms with Gasteiger partial charge < -0.3 is 25.7 Å². The van der Waals surface area contributed by atoms with E-state index in [-0.39, 0.29) is 35.7 Å². The molecule has 0 aliphatic heterocycles. The zero-order valence-electron chi connectivity index (χ0n) is 22.0. The first kappa shape index (κ1) is 28.0. The highest BCUT2D eigenvalue weighted by atomic mass is 32.1. The molecule has 4 N–H and O–H groups in total. The zero-order chi connectivity index (χ0) is 25.8. The van der Waals surface area contributed by atoms with E-state index < -0.39 is 11.5 Å². The van der Waals surface area contributed by atoms with Crippen molar-refractivity contribution < 1.29 is 19.8 Å². The van der Waals surface area contributed by atoms with E-state index in [1.54, 1.807) is 0 Å². The van der Waals surface area contributed by atoms with Crippen molar-refractivity contribution in [3.8, 4) is 0 Å². The minimum absolute atomic E-state index is 0.00406. The van der Waals surface area contributed by atoms with Crippen molar-refractivity contribution in [1.82, 2.24) is 15.2 Å². The number of fused-ring (bicyclic) bond motifs is 2. The third kappa shape index (κ3) is 6.06. The highest BCUT2D eigenvalue weighted by molar-refractivity contribution is 7.15. The number of unbranched alkanes of at least 4 members (excludes halogenated alkanes) is 2. The van der Waals surface area contributed by atoms with E-state index in [1.165, 1.54) is 11.3 Å². The van der Waals surface area contributed by atoms with Crippen molar-refractivity contribution in [3.05, 3.63) is 10.6 Å². The predicted octanol–water partition coefficient (Wildman–Crippen LogP) is 3.15. The van der Waals surface area contributed by atoms with Crippen molar-refractivity contribution >= 4 is 28.3 Å². The Morgan fingerprint density at radius 3 is 2.63 bits per heavy atom. The van der Waals surface area contributed by atoms with Gasteiger partial charge in [0.15, 0.2) is 5.13 Å². The van der Waals surface area contributed by atoms with Crippen LogP contribution in [0.3, 0.4) is 0 Å². The molecule has 2 amide bonds. The molecule has 8 nitrogen and oxygen atoms in total. The fourth-order valence-electron chi connectivity index (χ4n) is 6.09. The van der Waals surface area contributed by atoms with Gasteiger partial charge in [-0.3, -0.25) is 9.59 Å². The number of carbonyl (C=O) groups is 2. The van der Waals surface area contributed by atoms with Gasteiger partial charge in [0.2, 0.25) is 11.8 Å². The lowest BCUT2D eigenvalue weighted by atomic mass is 9.47. The van der Waals surface area contributed by atoms with Gasteiger partial charge >= 0.3 is 0 Å². The van der Waals surface area contributed by atoms with Crippen LogP contribution in [0, 0.1) is 16.7 Å². The number of thiazole rings is 1.